The lowest BCUT2D eigenvalue weighted by Crippen LogP contribution is -2.29. The van der Waals surface area contributed by atoms with Gasteiger partial charge in [-0.1, -0.05) is 48.0 Å². The van der Waals surface area contributed by atoms with Crippen molar-refractivity contribution in [1.82, 2.24) is 9.88 Å². The molecule has 1 aliphatic rings. The monoisotopic (exact) mass is 400 g/mol. The van der Waals surface area contributed by atoms with Crippen molar-refractivity contribution in [2.45, 2.75) is 19.5 Å². The van der Waals surface area contributed by atoms with Crippen LogP contribution in [0.3, 0.4) is 0 Å². The van der Waals surface area contributed by atoms with Crippen molar-refractivity contribution in [3.63, 3.8) is 0 Å². The Kier molecular flexibility index (Phi) is 5.06. The number of aliphatic hydroxyl groups is 1. The van der Waals surface area contributed by atoms with Crippen molar-refractivity contribution in [1.29, 1.82) is 0 Å². The fourth-order valence-electron chi connectivity index (χ4n) is 3.60. The molecule has 6 heteroatoms. The minimum atomic E-state index is -0.785. The average Bonchev–Trinajstić information content (AvgIpc) is 3.00. The van der Waals surface area contributed by atoms with Crippen LogP contribution in [0.25, 0.3) is 5.76 Å². The van der Waals surface area contributed by atoms with Gasteiger partial charge in [-0.2, -0.15) is 0 Å². The number of benzene rings is 2. The van der Waals surface area contributed by atoms with E-state index in [0.717, 1.165) is 11.1 Å². The van der Waals surface area contributed by atoms with Gasteiger partial charge in [0, 0.05) is 24.5 Å². The molecule has 2 heterocycles. The van der Waals surface area contributed by atoms with Crippen LogP contribution in [0.4, 0.5) is 0 Å². The van der Waals surface area contributed by atoms with Crippen LogP contribution >= 0.6 is 0 Å². The molecule has 3 aromatic rings. The number of amides is 1. The lowest BCUT2D eigenvalue weighted by atomic mass is 9.95. The molecule has 6 nitrogen and oxygen atoms in total. The Morgan fingerprint density at radius 3 is 2.37 bits per heavy atom. The van der Waals surface area contributed by atoms with E-state index in [2.05, 4.69) is 4.98 Å². The number of rotatable bonds is 4. The topological polar surface area (TPSA) is 90.7 Å². The van der Waals surface area contributed by atoms with Crippen molar-refractivity contribution >= 4 is 17.4 Å². The zero-order chi connectivity index (χ0) is 21.3. The molecule has 0 aliphatic carbocycles. The van der Waals surface area contributed by atoms with Gasteiger partial charge in [-0.3, -0.25) is 14.6 Å². The second-order valence-electron chi connectivity index (χ2n) is 7.25. The molecule has 1 unspecified atom stereocenters. The van der Waals surface area contributed by atoms with Gasteiger partial charge in [0.25, 0.3) is 11.7 Å². The number of hydrogen-bond donors (Lipinski definition) is 2. The van der Waals surface area contributed by atoms with Crippen molar-refractivity contribution in [2.75, 3.05) is 0 Å². The summed E-state index contributed by atoms with van der Waals surface area (Å²) in [4.78, 5) is 31.4. The second kappa shape index (κ2) is 7.83. The van der Waals surface area contributed by atoms with E-state index in [0.29, 0.717) is 11.1 Å². The number of aromatic nitrogens is 1. The number of likely N-dealkylation sites (tertiary alicyclic amines) is 1. The first-order valence-corrected chi connectivity index (χ1v) is 9.49. The molecule has 1 fully saturated rings. The van der Waals surface area contributed by atoms with Gasteiger partial charge in [0.05, 0.1) is 11.6 Å². The maximum atomic E-state index is 13.0. The molecule has 0 saturated carbocycles. The molecule has 1 atom stereocenters. The number of aryl methyl sites for hydroxylation is 1. The highest BCUT2D eigenvalue weighted by atomic mass is 16.3. The van der Waals surface area contributed by atoms with Gasteiger partial charge in [0.15, 0.2) is 0 Å². The van der Waals surface area contributed by atoms with E-state index in [9.17, 15) is 19.8 Å². The smallest absolute Gasteiger partial charge is 0.295 e. The van der Waals surface area contributed by atoms with Crippen molar-refractivity contribution in [3.8, 4) is 5.75 Å². The third-order valence-corrected chi connectivity index (χ3v) is 5.15. The molecule has 1 aromatic heterocycles. The number of ketones is 1. The Balaban J connectivity index is 1.85. The number of phenols is 1. The molecule has 150 valence electrons. The summed E-state index contributed by atoms with van der Waals surface area (Å²) >= 11 is 0. The molecule has 1 saturated heterocycles. The molecular formula is C24H20N2O4. The Bertz CT molecular complexity index is 1120. The van der Waals surface area contributed by atoms with Crippen LogP contribution in [0.1, 0.15) is 28.3 Å². The Morgan fingerprint density at radius 1 is 1.03 bits per heavy atom. The minimum Gasteiger partial charge on any atom is -0.508 e. The number of carbonyl (C=O) groups is 2. The van der Waals surface area contributed by atoms with E-state index >= 15 is 0 Å². The number of phenolic OH excluding ortho intramolecular Hbond substituents is 1. The standard InChI is InChI=1S/C24H20N2O4/c1-15-4-6-18(7-5-15)22(28)20-21(17-8-10-19(27)11-9-17)26(24(30)23(20)29)14-16-3-2-12-25-13-16/h2-13,21,27-28H,14H2,1H3/b22-20+. The molecule has 1 amide bonds. The van der Waals surface area contributed by atoms with Gasteiger partial charge in [-0.15, -0.1) is 0 Å². The van der Waals surface area contributed by atoms with E-state index in [1.165, 1.54) is 17.0 Å². The third kappa shape index (κ3) is 3.55. The summed E-state index contributed by atoms with van der Waals surface area (Å²) in [5.41, 5.74) is 2.88. The molecule has 4 rings (SSSR count). The average molecular weight is 400 g/mol. The summed E-state index contributed by atoms with van der Waals surface area (Å²) in [5, 5.41) is 20.7. The predicted molar refractivity (Wildman–Crippen MR) is 111 cm³/mol. The fraction of sp³-hybridized carbons (Fsp3) is 0.125. The van der Waals surface area contributed by atoms with Crippen LogP contribution in [-0.4, -0.2) is 31.8 Å². The summed E-state index contributed by atoms with van der Waals surface area (Å²) in [6.07, 6.45) is 3.26. The normalized spacial score (nSPS) is 18.0. The first kappa shape index (κ1) is 19.4. The number of Topliss-reactive ketones (excluding diaryl/α,β-unsaturated/α-hetero) is 1. The lowest BCUT2D eigenvalue weighted by Gasteiger charge is -2.25. The Labute approximate surface area is 173 Å². The summed E-state index contributed by atoms with van der Waals surface area (Å²) in [5.74, 6) is -1.58. The van der Waals surface area contributed by atoms with Gasteiger partial charge in [0.1, 0.15) is 11.5 Å². The van der Waals surface area contributed by atoms with Crippen molar-refractivity contribution in [2.24, 2.45) is 0 Å². The van der Waals surface area contributed by atoms with E-state index in [4.69, 9.17) is 0 Å². The zero-order valence-electron chi connectivity index (χ0n) is 16.3. The number of nitrogens with zero attached hydrogens (tertiary/aromatic N) is 2. The minimum absolute atomic E-state index is 0.0263. The quantitative estimate of drug-likeness (QED) is 0.396. The fourth-order valence-corrected chi connectivity index (χ4v) is 3.60. The zero-order valence-corrected chi connectivity index (χ0v) is 16.3. The number of pyridine rings is 1. The first-order chi connectivity index (χ1) is 14.5. The molecule has 0 spiro atoms. The molecule has 0 radical (unpaired) electrons. The maximum Gasteiger partial charge on any atom is 0.295 e. The SMILES string of the molecule is Cc1ccc(/C(O)=C2\C(=O)C(=O)N(Cc3cccnc3)C2c2ccc(O)cc2)cc1. The molecular weight excluding hydrogens is 380 g/mol. The Hall–Kier alpha value is -3.93. The first-order valence-electron chi connectivity index (χ1n) is 9.49. The largest absolute Gasteiger partial charge is 0.508 e. The molecule has 1 aliphatic heterocycles. The van der Waals surface area contributed by atoms with Gasteiger partial charge < -0.3 is 15.1 Å². The highest BCUT2D eigenvalue weighted by molar-refractivity contribution is 6.46. The van der Waals surface area contributed by atoms with Gasteiger partial charge in [-0.25, -0.2) is 0 Å². The van der Waals surface area contributed by atoms with Gasteiger partial charge in [-0.05, 0) is 36.2 Å². The van der Waals surface area contributed by atoms with Crippen molar-refractivity contribution < 1.29 is 19.8 Å². The highest BCUT2D eigenvalue weighted by Crippen LogP contribution is 2.40. The van der Waals surface area contributed by atoms with Gasteiger partial charge >= 0.3 is 0 Å². The predicted octanol–water partition coefficient (Wildman–Crippen LogP) is 3.72. The van der Waals surface area contributed by atoms with Crippen molar-refractivity contribution in [3.05, 3.63) is 101 Å². The highest BCUT2D eigenvalue weighted by Gasteiger charge is 2.46. The molecule has 0 bridgehead atoms. The maximum absolute atomic E-state index is 13.0. The number of aromatic hydroxyl groups is 1. The van der Waals surface area contributed by atoms with Crippen LogP contribution in [0.5, 0.6) is 5.75 Å². The van der Waals surface area contributed by atoms with Crippen LogP contribution in [0.2, 0.25) is 0 Å². The van der Waals surface area contributed by atoms with E-state index in [1.807, 2.05) is 25.1 Å². The number of carbonyl (C=O) groups excluding carboxylic acids is 2. The molecule has 2 aromatic carbocycles. The number of hydrogen-bond acceptors (Lipinski definition) is 5. The lowest BCUT2D eigenvalue weighted by molar-refractivity contribution is -0.140. The van der Waals surface area contributed by atoms with Crippen LogP contribution < -0.4 is 0 Å². The number of aliphatic hydroxyl groups excluding tert-OH is 1. The second-order valence-corrected chi connectivity index (χ2v) is 7.25. The van der Waals surface area contributed by atoms with E-state index in [-0.39, 0.29) is 23.6 Å². The summed E-state index contributed by atoms with van der Waals surface area (Å²) in [7, 11) is 0. The summed E-state index contributed by atoms with van der Waals surface area (Å²) < 4.78 is 0. The van der Waals surface area contributed by atoms with Crippen LogP contribution in [-0.2, 0) is 16.1 Å². The van der Waals surface area contributed by atoms with Crippen LogP contribution in [0.15, 0.2) is 78.6 Å². The summed E-state index contributed by atoms with van der Waals surface area (Å²) in [6.45, 7) is 2.09. The third-order valence-electron chi connectivity index (χ3n) is 5.15. The molecule has 2 N–H and O–H groups in total. The molecule has 30 heavy (non-hydrogen) atoms. The van der Waals surface area contributed by atoms with E-state index in [1.54, 1.807) is 42.7 Å². The van der Waals surface area contributed by atoms with Crippen LogP contribution in [0, 0.1) is 6.92 Å². The Morgan fingerprint density at radius 2 is 1.73 bits per heavy atom. The summed E-state index contributed by atoms with van der Waals surface area (Å²) in [6, 6.07) is 16.2. The van der Waals surface area contributed by atoms with E-state index < -0.39 is 17.7 Å². The van der Waals surface area contributed by atoms with Gasteiger partial charge in [0.2, 0.25) is 0 Å².